The Bertz CT molecular complexity index is 972. The van der Waals surface area contributed by atoms with E-state index in [4.69, 9.17) is 0 Å². The van der Waals surface area contributed by atoms with E-state index in [1.165, 1.54) is 11.8 Å². The van der Waals surface area contributed by atoms with E-state index in [0.29, 0.717) is 11.7 Å². The lowest BCUT2D eigenvalue weighted by molar-refractivity contribution is -0.115. The summed E-state index contributed by atoms with van der Waals surface area (Å²) >= 11 is 1.37. The molecular formula is C20H22N4O2S2. The number of anilines is 1. The monoisotopic (exact) mass is 414 g/mol. The number of aromatic nitrogens is 3. The van der Waals surface area contributed by atoms with Gasteiger partial charge in [-0.1, -0.05) is 30.0 Å². The summed E-state index contributed by atoms with van der Waals surface area (Å²) < 4.78 is 13.6. The van der Waals surface area contributed by atoms with Crippen LogP contribution in [0.2, 0.25) is 0 Å². The van der Waals surface area contributed by atoms with E-state index < -0.39 is 10.8 Å². The fourth-order valence-corrected chi connectivity index (χ4v) is 4.08. The Labute approximate surface area is 171 Å². The number of hydrogen-bond donors (Lipinski definition) is 1. The molecule has 3 rings (SSSR count). The standard InChI is InChI=1S/C20H22N4O2S2/c1-4-24-18(15-10-12-17(13-11-15)28(3)26)22-23-20(24)27-14(2)19(25)21-16-8-6-5-7-9-16/h5-14H,4H2,1-3H3,(H,21,25). The molecule has 1 aromatic heterocycles. The summed E-state index contributed by atoms with van der Waals surface area (Å²) in [6.07, 6.45) is 1.65. The molecule has 0 radical (unpaired) electrons. The molecule has 0 aliphatic heterocycles. The van der Waals surface area contributed by atoms with Gasteiger partial charge in [0.05, 0.1) is 5.25 Å². The zero-order valence-corrected chi connectivity index (χ0v) is 17.6. The molecule has 146 valence electrons. The van der Waals surface area contributed by atoms with Crippen LogP contribution < -0.4 is 5.32 Å². The number of benzene rings is 2. The van der Waals surface area contributed by atoms with Crippen LogP contribution in [-0.2, 0) is 22.1 Å². The van der Waals surface area contributed by atoms with E-state index in [9.17, 15) is 9.00 Å². The fourth-order valence-electron chi connectivity index (χ4n) is 2.65. The first kappa shape index (κ1) is 20.3. The number of thioether (sulfide) groups is 1. The van der Waals surface area contributed by atoms with E-state index in [1.54, 1.807) is 6.26 Å². The summed E-state index contributed by atoms with van der Waals surface area (Å²) in [6, 6.07) is 16.8. The van der Waals surface area contributed by atoms with E-state index in [0.717, 1.165) is 22.0 Å². The number of hydrogen-bond acceptors (Lipinski definition) is 5. The normalized spacial score (nSPS) is 13.1. The van der Waals surface area contributed by atoms with Gasteiger partial charge in [0.1, 0.15) is 0 Å². The average molecular weight is 415 g/mol. The molecule has 2 atom stereocenters. The first-order chi connectivity index (χ1) is 13.5. The van der Waals surface area contributed by atoms with Gasteiger partial charge in [-0.25, -0.2) is 0 Å². The van der Waals surface area contributed by atoms with Gasteiger partial charge in [0, 0.05) is 39.7 Å². The van der Waals surface area contributed by atoms with Crippen LogP contribution in [0.5, 0.6) is 0 Å². The van der Waals surface area contributed by atoms with Gasteiger partial charge in [0.2, 0.25) is 5.91 Å². The Morgan fingerprint density at radius 3 is 2.43 bits per heavy atom. The van der Waals surface area contributed by atoms with Crippen molar-refractivity contribution >= 4 is 34.2 Å². The third-order valence-corrected chi connectivity index (χ3v) is 6.19. The molecule has 1 amide bonds. The minimum Gasteiger partial charge on any atom is -0.325 e. The molecule has 0 spiro atoms. The number of nitrogens with one attached hydrogen (secondary N) is 1. The van der Waals surface area contributed by atoms with Crippen molar-refractivity contribution in [3.05, 3.63) is 54.6 Å². The van der Waals surface area contributed by atoms with Crippen molar-refractivity contribution in [2.24, 2.45) is 0 Å². The third kappa shape index (κ3) is 4.69. The largest absolute Gasteiger partial charge is 0.325 e. The van der Waals surface area contributed by atoms with Crippen LogP contribution in [0.1, 0.15) is 13.8 Å². The minimum atomic E-state index is -1.02. The van der Waals surface area contributed by atoms with Gasteiger partial charge in [-0.05, 0) is 50.2 Å². The predicted octanol–water partition coefficient (Wildman–Crippen LogP) is 3.82. The summed E-state index contributed by atoms with van der Waals surface area (Å²) in [6.45, 7) is 4.54. The Hall–Kier alpha value is -2.45. The van der Waals surface area contributed by atoms with Gasteiger partial charge < -0.3 is 9.88 Å². The first-order valence-corrected chi connectivity index (χ1v) is 11.3. The van der Waals surface area contributed by atoms with Gasteiger partial charge in [0.25, 0.3) is 0 Å². The zero-order valence-electron chi connectivity index (χ0n) is 16.0. The van der Waals surface area contributed by atoms with Crippen molar-refractivity contribution in [3.8, 4) is 11.4 Å². The molecule has 2 aromatic carbocycles. The summed E-state index contributed by atoms with van der Waals surface area (Å²) in [7, 11) is -1.02. The lowest BCUT2D eigenvalue weighted by atomic mass is 10.2. The molecule has 0 bridgehead atoms. The zero-order chi connectivity index (χ0) is 20.1. The van der Waals surface area contributed by atoms with Crippen molar-refractivity contribution in [3.63, 3.8) is 0 Å². The fraction of sp³-hybridized carbons (Fsp3) is 0.250. The Morgan fingerprint density at radius 2 is 1.82 bits per heavy atom. The topological polar surface area (TPSA) is 76.9 Å². The van der Waals surface area contributed by atoms with E-state index >= 15 is 0 Å². The van der Waals surface area contributed by atoms with Crippen molar-refractivity contribution < 1.29 is 9.00 Å². The predicted molar refractivity (Wildman–Crippen MR) is 114 cm³/mol. The molecule has 0 aliphatic rings. The molecule has 1 N–H and O–H groups in total. The summed E-state index contributed by atoms with van der Waals surface area (Å²) in [5.74, 6) is 0.646. The number of nitrogens with zero attached hydrogens (tertiary/aromatic N) is 3. The molecule has 0 aliphatic carbocycles. The lowest BCUT2D eigenvalue weighted by Gasteiger charge is -2.13. The first-order valence-electron chi connectivity index (χ1n) is 8.89. The molecule has 0 saturated heterocycles. The van der Waals surface area contributed by atoms with E-state index in [1.807, 2.05) is 73.0 Å². The minimum absolute atomic E-state index is 0.0850. The second-order valence-electron chi connectivity index (χ2n) is 6.14. The second kappa shape index (κ2) is 9.16. The van der Waals surface area contributed by atoms with Crippen molar-refractivity contribution in [2.45, 2.75) is 35.7 Å². The van der Waals surface area contributed by atoms with Crippen LogP contribution in [-0.4, -0.2) is 36.4 Å². The molecular weight excluding hydrogens is 392 g/mol. The number of para-hydroxylation sites is 1. The summed E-state index contributed by atoms with van der Waals surface area (Å²) in [5.41, 5.74) is 1.67. The smallest absolute Gasteiger partial charge is 0.237 e. The highest BCUT2D eigenvalue weighted by atomic mass is 32.2. The Morgan fingerprint density at radius 1 is 1.14 bits per heavy atom. The van der Waals surface area contributed by atoms with Crippen LogP contribution in [0.4, 0.5) is 5.69 Å². The van der Waals surface area contributed by atoms with Crippen molar-refractivity contribution in [2.75, 3.05) is 11.6 Å². The highest BCUT2D eigenvalue weighted by Crippen LogP contribution is 2.27. The van der Waals surface area contributed by atoms with Crippen molar-refractivity contribution in [1.29, 1.82) is 0 Å². The Kier molecular flexibility index (Phi) is 6.64. The maximum atomic E-state index is 12.5. The van der Waals surface area contributed by atoms with Gasteiger partial charge in [-0.3, -0.25) is 9.00 Å². The number of carbonyl (C=O) groups excluding carboxylic acids is 1. The van der Waals surface area contributed by atoms with E-state index in [2.05, 4.69) is 15.5 Å². The van der Waals surface area contributed by atoms with Crippen LogP contribution >= 0.6 is 11.8 Å². The van der Waals surface area contributed by atoms with Crippen molar-refractivity contribution in [1.82, 2.24) is 14.8 Å². The summed E-state index contributed by atoms with van der Waals surface area (Å²) in [5, 5.41) is 11.9. The van der Waals surface area contributed by atoms with Gasteiger partial charge >= 0.3 is 0 Å². The van der Waals surface area contributed by atoms with Crippen LogP contribution in [0.25, 0.3) is 11.4 Å². The molecule has 0 fully saturated rings. The molecule has 3 aromatic rings. The van der Waals surface area contributed by atoms with Crippen LogP contribution in [0, 0.1) is 0 Å². The van der Waals surface area contributed by atoms with Gasteiger partial charge in [0.15, 0.2) is 11.0 Å². The quantitative estimate of drug-likeness (QED) is 0.595. The van der Waals surface area contributed by atoms with Gasteiger partial charge in [-0.2, -0.15) is 0 Å². The van der Waals surface area contributed by atoms with Crippen LogP contribution in [0.3, 0.4) is 0 Å². The highest BCUT2D eigenvalue weighted by molar-refractivity contribution is 8.00. The molecule has 1 heterocycles. The SMILES string of the molecule is CCn1c(SC(C)C(=O)Nc2ccccc2)nnc1-c1ccc(S(C)=O)cc1. The maximum Gasteiger partial charge on any atom is 0.237 e. The number of amides is 1. The lowest BCUT2D eigenvalue weighted by Crippen LogP contribution is -2.22. The molecule has 2 unspecified atom stereocenters. The highest BCUT2D eigenvalue weighted by Gasteiger charge is 2.20. The molecule has 6 nitrogen and oxygen atoms in total. The maximum absolute atomic E-state index is 12.5. The average Bonchev–Trinajstić information content (AvgIpc) is 3.11. The second-order valence-corrected chi connectivity index (χ2v) is 8.83. The van der Waals surface area contributed by atoms with E-state index in [-0.39, 0.29) is 11.2 Å². The third-order valence-electron chi connectivity index (χ3n) is 4.17. The molecule has 0 saturated carbocycles. The molecule has 28 heavy (non-hydrogen) atoms. The number of rotatable bonds is 7. The van der Waals surface area contributed by atoms with Gasteiger partial charge in [-0.15, -0.1) is 10.2 Å². The molecule has 8 heteroatoms. The number of carbonyl (C=O) groups is 1. The van der Waals surface area contributed by atoms with Crippen LogP contribution in [0.15, 0.2) is 64.6 Å². The summed E-state index contributed by atoms with van der Waals surface area (Å²) in [4.78, 5) is 13.2. The Balaban J connectivity index is 1.76.